The van der Waals surface area contributed by atoms with Crippen LogP contribution in [-0.2, 0) is 4.79 Å². The second kappa shape index (κ2) is 7.16. The maximum atomic E-state index is 13.7. The highest BCUT2D eigenvalue weighted by atomic mass is 32.2. The van der Waals surface area contributed by atoms with Crippen molar-refractivity contribution in [3.8, 4) is 0 Å². The van der Waals surface area contributed by atoms with Crippen LogP contribution >= 0.6 is 23.1 Å². The lowest BCUT2D eigenvalue weighted by molar-refractivity contribution is -0.384. The molecule has 3 rings (SSSR count). The van der Waals surface area contributed by atoms with E-state index < -0.39 is 10.7 Å². The maximum Gasteiger partial charge on any atom is 0.270 e. The van der Waals surface area contributed by atoms with Crippen LogP contribution in [0.25, 0.3) is 10.2 Å². The van der Waals surface area contributed by atoms with Crippen molar-refractivity contribution >= 4 is 50.6 Å². The number of thiazole rings is 1. The van der Waals surface area contributed by atoms with Crippen molar-refractivity contribution in [2.75, 3.05) is 11.1 Å². The Morgan fingerprint density at radius 3 is 2.88 bits per heavy atom. The lowest BCUT2D eigenvalue weighted by Crippen LogP contribution is -2.15. The first kappa shape index (κ1) is 17.3. The number of nitrogens with zero attached hydrogens (tertiary/aromatic N) is 2. The molecule has 25 heavy (non-hydrogen) atoms. The highest BCUT2D eigenvalue weighted by molar-refractivity contribution is 8.01. The third-order valence-corrected chi connectivity index (χ3v) is 5.45. The van der Waals surface area contributed by atoms with E-state index in [0.29, 0.717) is 14.6 Å². The number of aryl methyl sites for hydroxylation is 1. The first-order valence-electron chi connectivity index (χ1n) is 7.16. The molecule has 0 fully saturated rings. The summed E-state index contributed by atoms with van der Waals surface area (Å²) in [6.07, 6.45) is 0. The van der Waals surface area contributed by atoms with Crippen LogP contribution in [-0.4, -0.2) is 21.6 Å². The van der Waals surface area contributed by atoms with Gasteiger partial charge in [-0.3, -0.25) is 14.9 Å². The molecule has 0 aliphatic heterocycles. The summed E-state index contributed by atoms with van der Waals surface area (Å²) in [6.45, 7) is 1.77. The Balaban J connectivity index is 1.65. The number of thioether (sulfide) groups is 1. The number of nitro groups is 1. The predicted molar refractivity (Wildman–Crippen MR) is 96.8 cm³/mol. The minimum Gasteiger partial charge on any atom is -0.323 e. The Kier molecular flexibility index (Phi) is 4.95. The molecule has 1 amide bonds. The normalized spacial score (nSPS) is 10.8. The van der Waals surface area contributed by atoms with Crippen molar-refractivity contribution in [1.29, 1.82) is 0 Å². The van der Waals surface area contributed by atoms with Gasteiger partial charge in [0, 0.05) is 12.1 Å². The number of carbonyl (C=O) groups is 1. The number of fused-ring (bicyclic) bond motifs is 1. The molecular weight excluding hydrogens is 365 g/mol. The van der Waals surface area contributed by atoms with Gasteiger partial charge in [0.05, 0.1) is 26.6 Å². The zero-order chi connectivity index (χ0) is 18.0. The molecule has 0 saturated heterocycles. The number of nitro benzene ring substituents is 1. The largest absolute Gasteiger partial charge is 0.323 e. The molecule has 0 radical (unpaired) electrons. The lowest BCUT2D eigenvalue weighted by atomic mass is 10.2. The van der Waals surface area contributed by atoms with Crippen LogP contribution in [0.5, 0.6) is 0 Å². The number of benzene rings is 2. The number of non-ortho nitro benzene ring substituents is 1. The molecule has 1 N–H and O–H groups in total. The van der Waals surface area contributed by atoms with E-state index in [1.165, 1.54) is 47.4 Å². The standard InChI is InChI=1S/C16H12FN3O3S2/c1-9-2-4-12(11(17)6-9)18-15(21)8-24-16-19-13-5-3-10(20(22)23)7-14(13)25-16/h2-7H,8H2,1H3,(H,18,21). The Hall–Kier alpha value is -2.52. The van der Waals surface area contributed by atoms with Crippen molar-refractivity contribution in [1.82, 2.24) is 4.98 Å². The summed E-state index contributed by atoms with van der Waals surface area (Å²) in [7, 11) is 0. The number of anilines is 1. The van der Waals surface area contributed by atoms with E-state index in [1.807, 2.05) is 0 Å². The number of aromatic nitrogens is 1. The van der Waals surface area contributed by atoms with E-state index in [0.717, 1.165) is 5.56 Å². The van der Waals surface area contributed by atoms with Crippen molar-refractivity contribution in [2.24, 2.45) is 0 Å². The fourth-order valence-electron chi connectivity index (χ4n) is 2.10. The Bertz CT molecular complexity index is 974. The zero-order valence-corrected chi connectivity index (χ0v) is 14.6. The highest BCUT2D eigenvalue weighted by Gasteiger charge is 2.12. The van der Waals surface area contributed by atoms with Gasteiger partial charge < -0.3 is 5.32 Å². The molecule has 0 aliphatic carbocycles. The van der Waals surface area contributed by atoms with E-state index in [1.54, 1.807) is 19.1 Å². The van der Waals surface area contributed by atoms with Crippen LogP contribution in [0.4, 0.5) is 15.8 Å². The maximum absolute atomic E-state index is 13.7. The van der Waals surface area contributed by atoms with Gasteiger partial charge in [-0.2, -0.15) is 0 Å². The molecule has 1 heterocycles. The molecule has 9 heteroatoms. The van der Waals surface area contributed by atoms with E-state index in [-0.39, 0.29) is 23.0 Å². The number of hydrogen-bond acceptors (Lipinski definition) is 6. The van der Waals surface area contributed by atoms with Crippen molar-refractivity contribution in [3.05, 3.63) is 57.9 Å². The molecule has 128 valence electrons. The highest BCUT2D eigenvalue weighted by Crippen LogP contribution is 2.31. The molecule has 0 saturated carbocycles. The SMILES string of the molecule is Cc1ccc(NC(=O)CSc2nc3ccc([N+](=O)[O-])cc3s2)c(F)c1. The number of rotatable bonds is 5. The lowest BCUT2D eigenvalue weighted by Gasteiger charge is -2.06. The molecule has 2 aromatic carbocycles. The topological polar surface area (TPSA) is 85.1 Å². The van der Waals surface area contributed by atoms with Crippen LogP contribution in [0.15, 0.2) is 40.7 Å². The van der Waals surface area contributed by atoms with Crippen molar-refractivity contribution in [2.45, 2.75) is 11.3 Å². The summed E-state index contributed by atoms with van der Waals surface area (Å²) in [5, 5.41) is 13.3. The van der Waals surface area contributed by atoms with Gasteiger partial charge in [0.2, 0.25) is 5.91 Å². The average molecular weight is 377 g/mol. The van der Waals surface area contributed by atoms with E-state index >= 15 is 0 Å². The van der Waals surface area contributed by atoms with Crippen molar-refractivity contribution in [3.63, 3.8) is 0 Å². The van der Waals surface area contributed by atoms with Gasteiger partial charge in [0.25, 0.3) is 5.69 Å². The second-order valence-electron chi connectivity index (χ2n) is 5.21. The molecule has 1 aromatic heterocycles. The summed E-state index contributed by atoms with van der Waals surface area (Å²) >= 11 is 2.48. The summed E-state index contributed by atoms with van der Waals surface area (Å²) in [5.41, 5.74) is 1.55. The van der Waals surface area contributed by atoms with Crippen LogP contribution in [0, 0.1) is 22.9 Å². The fraction of sp³-hybridized carbons (Fsp3) is 0.125. The van der Waals surface area contributed by atoms with Crippen LogP contribution in [0.1, 0.15) is 5.56 Å². The third-order valence-electron chi connectivity index (χ3n) is 3.29. The molecule has 3 aromatic rings. The molecule has 0 bridgehead atoms. The Morgan fingerprint density at radius 1 is 1.36 bits per heavy atom. The number of nitrogens with one attached hydrogen (secondary N) is 1. The second-order valence-corrected chi connectivity index (χ2v) is 7.46. The van der Waals surface area contributed by atoms with Gasteiger partial charge in [-0.1, -0.05) is 17.8 Å². The zero-order valence-electron chi connectivity index (χ0n) is 13.0. The molecule has 6 nitrogen and oxygen atoms in total. The Morgan fingerprint density at radius 2 is 2.16 bits per heavy atom. The quantitative estimate of drug-likeness (QED) is 0.405. The molecular formula is C16H12FN3O3S2. The van der Waals surface area contributed by atoms with Gasteiger partial charge in [0.15, 0.2) is 4.34 Å². The smallest absolute Gasteiger partial charge is 0.270 e. The number of hydrogen-bond donors (Lipinski definition) is 1. The van der Waals surface area contributed by atoms with Crippen LogP contribution < -0.4 is 5.32 Å². The number of carbonyl (C=O) groups excluding carboxylic acids is 1. The first-order valence-corrected chi connectivity index (χ1v) is 8.96. The van der Waals surface area contributed by atoms with Gasteiger partial charge in [-0.15, -0.1) is 11.3 Å². The van der Waals surface area contributed by atoms with E-state index in [2.05, 4.69) is 10.3 Å². The van der Waals surface area contributed by atoms with Gasteiger partial charge in [-0.05, 0) is 30.7 Å². The van der Waals surface area contributed by atoms with E-state index in [9.17, 15) is 19.3 Å². The summed E-state index contributed by atoms with van der Waals surface area (Å²) in [5.74, 6) is -0.765. The summed E-state index contributed by atoms with van der Waals surface area (Å²) < 4.78 is 15.0. The Labute approximate surface area is 150 Å². The third kappa shape index (κ3) is 4.12. The fourth-order valence-corrected chi connectivity index (χ4v) is 4.00. The first-order chi connectivity index (χ1) is 11.9. The minimum atomic E-state index is -0.481. The van der Waals surface area contributed by atoms with Gasteiger partial charge in [0.1, 0.15) is 5.82 Å². The number of halogens is 1. The monoisotopic (exact) mass is 377 g/mol. The van der Waals surface area contributed by atoms with E-state index in [4.69, 9.17) is 0 Å². The molecule has 0 atom stereocenters. The summed E-state index contributed by atoms with van der Waals surface area (Å²) in [6, 6.07) is 9.01. The minimum absolute atomic E-state index is 0.000268. The molecule has 0 unspecified atom stereocenters. The molecule has 0 spiro atoms. The van der Waals surface area contributed by atoms with Gasteiger partial charge >= 0.3 is 0 Å². The van der Waals surface area contributed by atoms with Gasteiger partial charge in [-0.25, -0.2) is 9.37 Å². The van der Waals surface area contributed by atoms with Crippen LogP contribution in [0.2, 0.25) is 0 Å². The summed E-state index contributed by atoms with van der Waals surface area (Å²) in [4.78, 5) is 26.6. The number of amides is 1. The molecule has 0 aliphatic rings. The van der Waals surface area contributed by atoms with Crippen molar-refractivity contribution < 1.29 is 14.1 Å². The average Bonchev–Trinajstić information content (AvgIpc) is 2.97. The predicted octanol–water partition coefficient (Wildman–Crippen LogP) is 4.38. The van der Waals surface area contributed by atoms with Crippen LogP contribution in [0.3, 0.4) is 0 Å².